The molecule has 2 rings (SSSR count). The van der Waals surface area contributed by atoms with Gasteiger partial charge in [-0.25, -0.2) is 4.39 Å². The molecule has 112 valence electrons. The van der Waals surface area contributed by atoms with E-state index in [0.717, 1.165) is 16.6 Å². The lowest BCUT2D eigenvalue weighted by molar-refractivity contribution is 0.279. The zero-order valence-electron chi connectivity index (χ0n) is 12.0. The van der Waals surface area contributed by atoms with Crippen molar-refractivity contribution in [3.8, 4) is 11.5 Å². The van der Waals surface area contributed by atoms with Gasteiger partial charge >= 0.3 is 0 Å². The molecule has 2 aromatic rings. The first-order chi connectivity index (χ1) is 10.1. The van der Waals surface area contributed by atoms with Gasteiger partial charge in [0.15, 0.2) is 11.5 Å². The summed E-state index contributed by atoms with van der Waals surface area (Å²) in [6, 6.07) is 10.5. The summed E-state index contributed by atoms with van der Waals surface area (Å²) in [7, 11) is 3.46. The van der Waals surface area contributed by atoms with Gasteiger partial charge in [-0.05, 0) is 42.9 Å². The Morgan fingerprint density at radius 1 is 1.14 bits per heavy atom. The number of nitrogens with one attached hydrogen (secondary N) is 1. The maximum Gasteiger partial charge on any atom is 0.161 e. The molecular weight excluding hydrogens is 337 g/mol. The van der Waals surface area contributed by atoms with E-state index in [1.54, 1.807) is 19.2 Å². The Labute approximate surface area is 132 Å². The second-order valence-electron chi connectivity index (χ2n) is 4.54. The number of benzene rings is 2. The molecule has 1 N–H and O–H groups in total. The minimum Gasteiger partial charge on any atom is -0.493 e. The summed E-state index contributed by atoms with van der Waals surface area (Å²) < 4.78 is 25.5. The summed E-state index contributed by atoms with van der Waals surface area (Å²) in [5, 5.41) is 3.08. The van der Waals surface area contributed by atoms with Crippen molar-refractivity contribution in [2.24, 2.45) is 0 Å². The average Bonchev–Trinajstić information content (AvgIpc) is 2.49. The van der Waals surface area contributed by atoms with Crippen LogP contribution in [0.2, 0.25) is 0 Å². The Morgan fingerprint density at radius 3 is 2.67 bits per heavy atom. The van der Waals surface area contributed by atoms with Crippen molar-refractivity contribution >= 4 is 15.9 Å². The Kier molecular flexibility index (Phi) is 5.59. The molecule has 0 atom stereocenters. The maximum absolute atomic E-state index is 13.7. The number of methoxy groups -OCH3 is 1. The normalized spacial score (nSPS) is 10.5. The Hall–Kier alpha value is -1.59. The van der Waals surface area contributed by atoms with Crippen LogP contribution in [0.15, 0.2) is 40.9 Å². The number of halogens is 2. The van der Waals surface area contributed by atoms with Gasteiger partial charge in [-0.2, -0.15) is 0 Å². The lowest BCUT2D eigenvalue weighted by Crippen LogP contribution is -2.06. The zero-order valence-corrected chi connectivity index (χ0v) is 13.5. The molecule has 3 nitrogen and oxygen atoms in total. The minimum atomic E-state index is -0.288. The fraction of sp³-hybridized carbons (Fsp3) is 0.250. The van der Waals surface area contributed by atoms with Gasteiger partial charge in [0.05, 0.1) is 7.11 Å². The first-order valence-corrected chi connectivity index (χ1v) is 7.31. The molecule has 0 aliphatic rings. The van der Waals surface area contributed by atoms with E-state index in [2.05, 4.69) is 21.2 Å². The van der Waals surface area contributed by atoms with Crippen LogP contribution in [0.5, 0.6) is 11.5 Å². The number of ether oxygens (including phenoxy) is 2. The summed E-state index contributed by atoms with van der Waals surface area (Å²) in [6.07, 6.45) is 0. The van der Waals surface area contributed by atoms with Crippen molar-refractivity contribution in [2.75, 3.05) is 14.2 Å². The van der Waals surface area contributed by atoms with Crippen molar-refractivity contribution in [2.45, 2.75) is 13.2 Å². The Balaban J connectivity index is 2.18. The van der Waals surface area contributed by atoms with Gasteiger partial charge in [-0.15, -0.1) is 0 Å². The van der Waals surface area contributed by atoms with Crippen LogP contribution < -0.4 is 14.8 Å². The second-order valence-corrected chi connectivity index (χ2v) is 5.46. The van der Waals surface area contributed by atoms with Crippen LogP contribution in [0.3, 0.4) is 0 Å². The van der Waals surface area contributed by atoms with Crippen LogP contribution >= 0.6 is 15.9 Å². The summed E-state index contributed by atoms with van der Waals surface area (Å²) in [5.41, 5.74) is 1.56. The summed E-state index contributed by atoms with van der Waals surface area (Å²) >= 11 is 3.33. The largest absolute Gasteiger partial charge is 0.493 e. The van der Waals surface area contributed by atoms with E-state index in [1.807, 2.05) is 25.2 Å². The summed E-state index contributed by atoms with van der Waals surface area (Å²) in [4.78, 5) is 0. The van der Waals surface area contributed by atoms with Gasteiger partial charge in [0.25, 0.3) is 0 Å². The lowest BCUT2D eigenvalue weighted by atomic mass is 10.2. The third kappa shape index (κ3) is 4.19. The standard InChI is InChI=1S/C16H17BrFNO2/c1-19-9-11-3-6-15(20-2)16(7-11)21-10-12-8-13(17)4-5-14(12)18/h3-8,19H,9-10H2,1-2H3. The van der Waals surface area contributed by atoms with E-state index in [4.69, 9.17) is 9.47 Å². The lowest BCUT2D eigenvalue weighted by Gasteiger charge is -2.13. The van der Waals surface area contributed by atoms with Crippen LogP contribution in [0.4, 0.5) is 4.39 Å². The van der Waals surface area contributed by atoms with Crippen molar-refractivity contribution < 1.29 is 13.9 Å². The van der Waals surface area contributed by atoms with Crippen molar-refractivity contribution in [1.29, 1.82) is 0 Å². The van der Waals surface area contributed by atoms with Gasteiger partial charge in [0.2, 0.25) is 0 Å². The van der Waals surface area contributed by atoms with Gasteiger partial charge in [0, 0.05) is 16.6 Å². The first kappa shape index (κ1) is 15.8. The summed E-state index contributed by atoms with van der Waals surface area (Å²) in [6.45, 7) is 0.871. The smallest absolute Gasteiger partial charge is 0.161 e. The van der Waals surface area contributed by atoms with Gasteiger partial charge in [-0.1, -0.05) is 22.0 Å². The van der Waals surface area contributed by atoms with E-state index >= 15 is 0 Å². The van der Waals surface area contributed by atoms with Crippen LogP contribution in [-0.4, -0.2) is 14.2 Å². The molecule has 2 aromatic carbocycles. The van der Waals surface area contributed by atoms with Gasteiger partial charge in [0.1, 0.15) is 12.4 Å². The van der Waals surface area contributed by atoms with E-state index in [0.29, 0.717) is 17.1 Å². The highest BCUT2D eigenvalue weighted by molar-refractivity contribution is 9.10. The topological polar surface area (TPSA) is 30.5 Å². The highest BCUT2D eigenvalue weighted by atomic mass is 79.9. The number of hydrogen-bond acceptors (Lipinski definition) is 3. The number of rotatable bonds is 6. The maximum atomic E-state index is 13.7. The molecule has 0 saturated heterocycles. The predicted molar refractivity (Wildman–Crippen MR) is 84.2 cm³/mol. The second kappa shape index (κ2) is 7.43. The van der Waals surface area contributed by atoms with Crippen molar-refractivity contribution in [3.05, 3.63) is 57.8 Å². The first-order valence-electron chi connectivity index (χ1n) is 6.52. The molecule has 0 heterocycles. The summed E-state index contributed by atoms with van der Waals surface area (Å²) in [5.74, 6) is 0.943. The number of hydrogen-bond donors (Lipinski definition) is 1. The molecule has 0 amide bonds. The van der Waals surface area contributed by atoms with Crippen molar-refractivity contribution in [1.82, 2.24) is 5.32 Å². The highest BCUT2D eigenvalue weighted by Gasteiger charge is 2.08. The highest BCUT2D eigenvalue weighted by Crippen LogP contribution is 2.29. The van der Waals surface area contributed by atoms with Gasteiger partial charge in [-0.3, -0.25) is 0 Å². The van der Waals surface area contributed by atoms with E-state index in [1.165, 1.54) is 6.07 Å². The molecule has 0 fully saturated rings. The average molecular weight is 354 g/mol. The molecule has 0 aromatic heterocycles. The van der Waals surface area contributed by atoms with Crippen molar-refractivity contribution in [3.63, 3.8) is 0 Å². The molecule has 0 radical (unpaired) electrons. The van der Waals surface area contributed by atoms with E-state index in [9.17, 15) is 4.39 Å². The third-order valence-corrected chi connectivity index (χ3v) is 3.49. The molecular formula is C16H17BrFNO2. The van der Waals surface area contributed by atoms with Crippen LogP contribution in [0.1, 0.15) is 11.1 Å². The monoisotopic (exact) mass is 353 g/mol. The molecule has 0 aliphatic carbocycles. The predicted octanol–water partition coefficient (Wildman–Crippen LogP) is 3.90. The SMILES string of the molecule is CNCc1ccc(OC)c(OCc2cc(Br)ccc2F)c1. The fourth-order valence-electron chi connectivity index (χ4n) is 1.96. The van der Waals surface area contributed by atoms with E-state index < -0.39 is 0 Å². The van der Waals surface area contributed by atoms with Gasteiger partial charge < -0.3 is 14.8 Å². The molecule has 0 bridgehead atoms. The minimum absolute atomic E-state index is 0.143. The third-order valence-electron chi connectivity index (χ3n) is 3.00. The van der Waals surface area contributed by atoms with Crippen LogP contribution in [-0.2, 0) is 13.2 Å². The molecule has 0 unspecified atom stereocenters. The zero-order chi connectivity index (χ0) is 15.2. The quantitative estimate of drug-likeness (QED) is 0.854. The van der Waals surface area contributed by atoms with E-state index in [-0.39, 0.29) is 12.4 Å². The van der Waals surface area contributed by atoms with Crippen LogP contribution in [0, 0.1) is 5.82 Å². The molecule has 0 saturated carbocycles. The Morgan fingerprint density at radius 2 is 1.95 bits per heavy atom. The van der Waals surface area contributed by atoms with Crippen LogP contribution in [0.25, 0.3) is 0 Å². The molecule has 0 aliphatic heterocycles. The molecule has 0 spiro atoms. The Bertz CT molecular complexity index is 619. The fourth-order valence-corrected chi connectivity index (χ4v) is 2.37. The molecule has 5 heteroatoms. The molecule has 21 heavy (non-hydrogen) atoms.